The van der Waals surface area contributed by atoms with Gasteiger partial charge in [-0.15, -0.1) is 0 Å². The summed E-state index contributed by atoms with van der Waals surface area (Å²) < 4.78 is 0. The molecule has 0 radical (unpaired) electrons. The van der Waals surface area contributed by atoms with Crippen LogP contribution in [-0.2, 0) is 0 Å². The lowest BCUT2D eigenvalue weighted by Crippen LogP contribution is -1.75. The van der Waals surface area contributed by atoms with Crippen LogP contribution in [0.3, 0.4) is 0 Å². The quantitative estimate of drug-likeness (QED) is 0.564. The molecule has 0 spiro atoms. The summed E-state index contributed by atoms with van der Waals surface area (Å²) in [6.07, 6.45) is 0. The van der Waals surface area contributed by atoms with Crippen molar-refractivity contribution < 1.29 is 0 Å². The highest BCUT2D eigenvalue weighted by Crippen LogP contribution is 2.21. The van der Waals surface area contributed by atoms with Crippen LogP contribution in [0.4, 0.5) is 5.69 Å². The van der Waals surface area contributed by atoms with Crippen LogP contribution in [0.15, 0.2) is 59.7 Å². The van der Waals surface area contributed by atoms with Crippen LogP contribution in [0.2, 0.25) is 0 Å². The maximum atomic E-state index is 6.62. The van der Waals surface area contributed by atoms with Gasteiger partial charge < -0.3 is 0 Å². The molecule has 2 aromatic rings. The summed E-state index contributed by atoms with van der Waals surface area (Å²) in [5.41, 5.74) is 9.63. The van der Waals surface area contributed by atoms with Crippen molar-refractivity contribution >= 4 is 5.69 Å². The molecule has 0 atom stereocenters. The zero-order chi connectivity index (χ0) is 10.5. The molecule has 0 aliphatic rings. The van der Waals surface area contributed by atoms with E-state index in [0.717, 1.165) is 5.56 Å². The Morgan fingerprint density at radius 3 is 2.00 bits per heavy atom. The molecule has 0 aromatic heterocycles. The van der Waals surface area contributed by atoms with Crippen molar-refractivity contribution in [3.63, 3.8) is 0 Å². The van der Waals surface area contributed by atoms with E-state index in [9.17, 15) is 0 Å². The highest BCUT2D eigenvalue weighted by Gasteiger charge is 1.98. The van der Waals surface area contributed by atoms with Crippen molar-refractivity contribution in [3.05, 3.63) is 54.6 Å². The van der Waals surface area contributed by atoms with Gasteiger partial charge >= 0.3 is 0 Å². The zero-order valence-electron chi connectivity index (χ0n) is 8.09. The minimum Gasteiger partial charge on any atom is -0.0622 e. The maximum absolute atomic E-state index is 6.62. The molecule has 3 nitrogen and oxygen atoms in total. The fourth-order valence-corrected chi connectivity index (χ4v) is 1.41. The van der Waals surface area contributed by atoms with Crippen molar-refractivity contribution in [2.45, 2.75) is 0 Å². The van der Waals surface area contributed by atoms with Crippen LogP contribution in [0, 0.1) is 5.53 Å². The third-order valence-electron chi connectivity index (χ3n) is 2.14. The molecule has 0 aliphatic heterocycles. The lowest BCUT2D eigenvalue weighted by molar-refractivity contribution is 0.992. The first-order valence-corrected chi connectivity index (χ1v) is 4.63. The molecule has 2 rings (SSSR count). The van der Waals surface area contributed by atoms with Gasteiger partial charge in [0, 0.05) is 0 Å². The minimum absolute atomic E-state index is 0.699. The summed E-state index contributed by atoms with van der Waals surface area (Å²) >= 11 is 0. The second-order valence-corrected chi connectivity index (χ2v) is 3.11. The fourth-order valence-electron chi connectivity index (χ4n) is 1.41. The molecule has 0 unspecified atom stereocenters. The predicted molar refractivity (Wildman–Crippen MR) is 58.8 cm³/mol. The first-order chi connectivity index (χ1) is 7.40. The number of hydrogen-bond donors (Lipinski definition) is 1. The normalized spacial score (nSPS) is 9.33. The Kier molecular flexibility index (Phi) is 2.68. The SMILES string of the molecule is N=[N+]=Nc1ccc(-c2ccccc2)cc1. The molecule has 2 aromatic carbocycles. The first kappa shape index (κ1) is 9.31. The van der Waals surface area contributed by atoms with Gasteiger partial charge in [-0.1, -0.05) is 42.5 Å². The van der Waals surface area contributed by atoms with Gasteiger partial charge in [-0.2, -0.15) is 0 Å². The van der Waals surface area contributed by atoms with Gasteiger partial charge in [0.15, 0.2) is 10.8 Å². The van der Waals surface area contributed by atoms with Gasteiger partial charge in [0.05, 0.1) is 0 Å². The monoisotopic (exact) mass is 196 g/mol. The number of benzene rings is 2. The van der Waals surface area contributed by atoms with Crippen LogP contribution < -0.4 is 4.91 Å². The third kappa shape index (κ3) is 2.16. The fraction of sp³-hybridized carbons (Fsp3) is 0. The van der Waals surface area contributed by atoms with Crippen molar-refractivity contribution in [2.24, 2.45) is 5.11 Å². The van der Waals surface area contributed by atoms with E-state index in [4.69, 9.17) is 5.53 Å². The Morgan fingerprint density at radius 1 is 0.800 bits per heavy atom. The van der Waals surface area contributed by atoms with E-state index in [1.165, 1.54) is 5.56 Å². The minimum atomic E-state index is 0.699. The average Bonchev–Trinajstić information content (AvgIpc) is 2.32. The lowest BCUT2D eigenvalue weighted by atomic mass is 10.1. The number of nitrogens with one attached hydrogen (secondary N) is 1. The van der Waals surface area contributed by atoms with E-state index in [-0.39, 0.29) is 0 Å². The van der Waals surface area contributed by atoms with E-state index in [1.807, 2.05) is 42.5 Å². The van der Waals surface area contributed by atoms with E-state index in [1.54, 1.807) is 0 Å². The summed E-state index contributed by atoms with van der Waals surface area (Å²) in [6.45, 7) is 0. The summed E-state index contributed by atoms with van der Waals surface area (Å²) in [5.74, 6) is 0. The Labute approximate surface area is 87.6 Å². The van der Waals surface area contributed by atoms with Crippen LogP contribution in [0.1, 0.15) is 0 Å². The predicted octanol–water partition coefficient (Wildman–Crippen LogP) is 3.54. The van der Waals surface area contributed by atoms with Gasteiger partial charge in [-0.05, 0) is 23.3 Å². The standard InChI is InChI=1S/C12H10N3/c13-15-14-12-8-6-11(7-9-12)10-4-2-1-3-5-10/h1-9,13H/q+1. The van der Waals surface area contributed by atoms with Gasteiger partial charge in [0.25, 0.3) is 0 Å². The molecule has 3 heteroatoms. The molecule has 0 saturated heterocycles. The van der Waals surface area contributed by atoms with Crippen molar-refractivity contribution in [3.8, 4) is 11.1 Å². The summed E-state index contributed by atoms with van der Waals surface area (Å²) in [5, 5.41) is 3.63. The number of hydrogen-bond acceptors (Lipinski definition) is 2. The molecular formula is C12H10N3+. The van der Waals surface area contributed by atoms with Crippen LogP contribution in [0.5, 0.6) is 0 Å². The first-order valence-electron chi connectivity index (χ1n) is 4.63. The number of rotatable bonds is 2. The summed E-state index contributed by atoms with van der Waals surface area (Å²) in [4.78, 5) is 2.98. The lowest BCUT2D eigenvalue weighted by Gasteiger charge is -1.99. The second-order valence-electron chi connectivity index (χ2n) is 3.11. The summed E-state index contributed by atoms with van der Waals surface area (Å²) in [7, 11) is 0. The molecule has 0 aliphatic carbocycles. The Balaban J connectivity index is 2.36. The van der Waals surface area contributed by atoms with Crippen molar-refractivity contribution in [1.82, 2.24) is 4.91 Å². The average molecular weight is 196 g/mol. The topological polar surface area (TPSA) is 50.3 Å². The van der Waals surface area contributed by atoms with Crippen LogP contribution >= 0.6 is 0 Å². The van der Waals surface area contributed by atoms with Gasteiger partial charge in [-0.25, -0.2) is 0 Å². The van der Waals surface area contributed by atoms with Crippen molar-refractivity contribution in [1.29, 1.82) is 5.53 Å². The molecular weight excluding hydrogens is 186 g/mol. The second kappa shape index (κ2) is 4.31. The Hall–Kier alpha value is -2.25. The Morgan fingerprint density at radius 2 is 1.40 bits per heavy atom. The summed E-state index contributed by atoms with van der Waals surface area (Å²) in [6, 6.07) is 17.8. The highest BCUT2D eigenvalue weighted by atomic mass is 15.1. The molecule has 0 fully saturated rings. The third-order valence-corrected chi connectivity index (χ3v) is 2.14. The zero-order valence-corrected chi connectivity index (χ0v) is 8.09. The van der Waals surface area contributed by atoms with E-state index in [2.05, 4.69) is 22.2 Å². The molecule has 0 bridgehead atoms. The molecule has 0 heterocycles. The van der Waals surface area contributed by atoms with Crippen LogP contribution in [-0.4, -0.2) is 0 Å². The van der Waals surface area contributed by atoms with E-state index >= 15 is 0 Å². The van der Waals surface area contributed by atoms with E-state index in [0.29, 0.717) is 5.69 Å². The Bertz CT molecular complexity index is 482. The van der Waals surface area contributed by atoms with Gasteiger partial charge in [-0.3, -0.25) is 0 Å². The molecule has 0 saturated carbocycles. The van der Waals surface area contributed by atoms with Gasteiger partial charge in [0.1, 0.15) is 5.53 Å². The molecule has 1 N–H and O–H groups in total. The number of nitrogens with zero attached hydrogens (tertiary/aromatic N) is 2. The molecule has 15 heavy (non-hydrogen) atoms. The largest absolute Gasteiger partial charge is 0.220 e. The smallest absolute Gasteiger partial charge is 0.0622 e. The van der Waals surface area contributed by atoms with Crippen LogP contribution in [0.25, 0.3) is 11.1 Å². The molecule has 72 valence electrons. The highest BCUT2D eigenvalue weighted by molar-refractivity contribution is 5.64. The van der Waals surface area contributed by atoms with Gasteiger partial charge in [0.2, 0.25) is 4.91 Å². The molecule has 0 amide bonds. The van der Waals surface area contributed by atoms with Crippen molar-refractivity contribution in [2.75, 3.05) is 0 Å². The maximum Gasteiger partial charge on any atom is 0.220 e. The van der Waals surface area contributed by atoms with E-state index < -0.39 is 0 Å².